The van der Waals surface area contributed by atoms with E-state index in [0.717, 1.165) is 0 Å². The molecular weight excluding hydrogens is 403 g/mol. The third kappa shape index (κ3) is 5.63. The Balaban J connectivity index is 3.34. The number of anilines is 1. The van der Waals surface area contributed by atoms with Crippen LogP contribution < -0.4 is 4.90 Å². The highest BCUT2D eigenvalue weighted by atomic mass is 35.6. The first kappa shape index (κ1) is 19.1. The van der Waals surface area contributed by atoms with Gasteiger partial charge in [0, 0.05) is 13.1 Å². The van der Waals surface area contributed by atoms with Crippen molar-refractivity contribution >= 4 is 75.6 Å². The summed E-state index contributed by atoms with van der Waals surface area (Å²) in [5.74, 6) is -0.145. The number of nitriles is 1. The van der Waals surface area contributed by atoms with Crippen molar-refractivity contribution in [1.29, 1.82) is 5.26 Å². The van der Waals surface area contributed by atoms with Crippen LogP contribution in [0.5, 0.6) is 0 Å². The summed E-state index contributed by atoms with van der Waals surface area (Å²) in [6, 6.07) is 2.02. The number of rotatable bonds is 4. The van der Waals surface area contributed by atoms with Gasteiger partial charge in [0.25, 0.3) is 0 Å². The smallest absolute Gasteiger partial charge is 0.250 e. The van der Waals surface area contributed by atoms with Crippen LogP contribution in [-0.4, -0.2) is 28.0 Å². The number of hydrogen-bond acceptors (Lipinski definition) is 5. The molecule has 1 aromatic heterocycles. The van der Waals surface area contributed by atoms with Crippen LogP contribution >= 0.6 is 69.6 Å². The molecule has 11 heteroatoms. The number of alkyl halides is 6. The number of halogens is 6. The molecular formula is C10H9Cl6N5. The minimum absolute atomic E-state index is 0.158. The number of hydrogen-bond donors (Lipinski definition) is 0. The van der Waals surface area contributed by atoms with E-state index in [-0.39, 0.29) is 24.0 Å². The summed E-state index contributed by atoms with van der Waals surface area (Å²) in [5, 5.41) is 8.67. The molecule has 1 rings (SSSR count). The zero-order chi connectivity index (χ0) is 16.3. The molecule has 0 aliphatic rings. The second kappa shape index (κ2) is 7.54. The van der Waals surface area contributed by atoms with Gasteiger partial charge in [-0.3, -0.25) is 0 Å². The van der Waals surface area contributed by atoms with Crippen molar-refractivity contribution < 1.29 is 0 Å². The second-order valence-electron chi connectivity index (χ2n) is 3.77. The van der Waals surface area contributed by atoms with Crippen molar-refractivity contribution in [3.05, 3.63) is 11.6 Å². The Morgan fingerprint density at radius 3 is 1.81 bits per heavy atom. The van der Waals surface area contributed by atoms with E-state index in [9.17, 15) is 0 Å². The van der Waals surface area contributed by atoms with Gasteiger partial charge in [0.05, 0.1) is 12.5 Å². The normalized spacial score (nSPS) is 12.1. The van der Waals surface area contributed by atoms with Crippen molar-refractivity contribution in [1.82, 2.24) is 15.0 Å². The van der Waals surface area contributed by atoms with Gasteiger partial charge >= 0.3 is 0 Å². The van der Waals surface area contributed by atoms with E-state index in [1.165, 1.54) is 0 Å². The van der Waals surface area contributed by atoms with Crippen LogP contribution in [0.2, 0.25) is 0 Å². The zero-order valence-electron chi connectivity index (χ0n) is 10.6. The average Bonchev–Trinajstić information content (AvgIpc) is 2.37. The van der Waals surface area contributed by atoms with Crippen LogP contribution in [0.15, 0.2) is 0 Å². The fraction of sp³-hybridized carbons (Fsp3) is 0.600. The van der Waals surface area contributed by atoms with E-state index < -0.39 is 7.59 Å². The van der Waals surface area contributed by atoms with Crippen LogP contribution in [0, 0.1) is 11.3 Å². The lowest BCUT2D eigenvalue weighted by Gasteiger charge is -2.22. The monoisotopic (exact) mass is 409 g/mol. The van der Waals surface area contributed by atoms with Crippen molar-refractivity contribution in [2.24, 2.45) is 0 Å². The fourth-order valence-electron chi connectivity index (χ4n) is 1.34. The summed E-state index contributed by atoms with van der Waals surface area (Å²) in [7, 11) is 0. The maximum atomic E-state index is 8.67. The van der Waals surface area contributed by atoms with E-state index in [1.54, 1.807) is 4.90 Å². The molecule has 5 nitrogen and oxygen atoms in total. The molecule has 0 amide bonds. The molecule has 0 saturated heterocycles. The van der Waals surface area contributed by atoms with Crippen LogP contribution in [-0.2, 0) is 7.59 Å². The van der Waals surface area contributed by atoms with Crippen LogP contribution in [0.3, 0.4) is 0 Å². The molecule has 0 fully saturated rings. The van der Waals surface area contributed by atoms with Gasteiger partial charge in [-0.15, -0.1) is 0 Å². The molecule has 1 heterocycles. The topological polar surface area (TPSA) is 65.7 Å². The Morgan fingerprint density at radius 1 is 1.00 bits per heavy atom. The first-order valence-electron chi connectivity index (χ1n) is 5.62. The maximum Gasteiger partial charge on any atom is 0.250 e. The van der Waals surface area contributed by atoms with Crippen molar-refractivity contribution in [3.63, 3.8) is 0 Å². The highest BCUT2D eigenvalue weighted by Gasteiger charge is 2.34. The van der Waals surface area contributed by atoms with E-state index in [4.69, 9.17) is 74.9 Å². The van der Waals surface area contributed by atoms with Crippen LogP contribution in [0.25, 0.3) is 0 Å². The first-order valence-corrected chi connectivity index (χ1v) is 7.88. The molecule has 0 aromatic carbocycles. The number of aromatic nitrogens is 3. The summed E-state index contributed by atoms with van der Waals surface area (Å²) in [6.07, 6.45) is 0.270. The Hall–Kier alpha value is 0.0400. The zero-order valence-corrected chi connectivity index (χ0v) is 15.2. The Bertz CT molecular complexity index is 500. The van der Waals surface area contributed by atoms with Gasteiger partial charge in [-0.2, -0.15) is 15.2 Å². The van der Waals surface area contributed by atoms with E-state index in [0.29, 0.717) is 13.1 Å². The Labute approximate surface area is 152 Å². The highest BCUT2D eigenvalue weighted by molar-refractivity contribution is 6.67. The molecule has 21 heavy (non-hydrogen) atoms. The molecule has 0 unspecified atom stereocenters. The van der Waals surface area contributed by atoms with Gasteiger partial charge < -0.3 is 4.90 Å². The third-order valence-corrected chi connectivity index (χ3v) is 3.30. The largest absolute Gasteiger partial charge is 0.340 e. The standard InChI is InChI=1S/C10H9Cl6N5/c1-2-21(5-3-4-17)8-19-6(9(11,12)13)18-7(20-8)10(14,15)16/h2-3,5H2,1H3. The van der Waals surface area contributed by atoms with Gasteiger partial charge in [-0.05, 0) is 6.92 Å². The van der Waals surface area contributed by atoms with Crippen LogP contribution in [0.4, 0.5) is 5.95 Å². The molecule has 0 aliphatic heterocycles. The molecule has 0 radical (unpaired) electrons. The summed E-state index contributed by atoms with van der Waals surface area (Å²) >= 11 is 34.7. The SMILES string of the molecule is CCN(CCC#N)c1nc(C(Cl)(Cl)Cl)nc(C(Cl)(Cl)Cl)n1. The molecule has 0 bridgehead atoms. The fourth-order valence-corrected chi connectivity index (χ4v) is 1.85. The predicted octanol–water partition coefficient (Wildman–Crippen LogP) is 4.26. The third-order valence-electron chi connectivity index (χ3n) is 2.29. The van der Waals surface area contributed by atoms with E-state index in [1.807, 2.05) is 13.0 Å². The minimum Gasteiger partial charge on any atom is -0.340 e. The van der Waals surface area contributed by atoms with Crippen molar-refractivity contribution in [3.8, 4) is 6.07 Å². The summed E-state index contributed by atoms with van der Waals surface area (Å²) in [5.41, 5.74) is 0. The quantitative estimate of drug-likeness (QED) is 0.692. The van der Waals surface area contributed by atoms with Gasteiger partial charge in [-0.25, -0.2) is 4.98 Å². The molecule has 0 saturated carbocycles. The van der Waals surface area contributed by atoms with E-state index >= 15 is 0 Å². The molecule has 0 aliphatic carbocycles. The van der Waals surface area contributed by atoms with Crippen molar-refractivity contribution in [2.45, 2.75) is 20.9 Å². The Kier molecular flexibility index (Phi) is 6.85. The predicted molar refractivity (Wildman–Crippen MR) is 86.4 cm³/mol. The first-order chi connectivity index (χ1) is 9.59. The van der Waals surface area contributed by atoms with Gasteiger partial charge in [0.1, 0.15) is 0 Å². The van der Waals surface area contributed by atoms with Gasteiger partial charge in [-0.1, -0.05) is 69.6 Å². The molecule has 116 valence electrons. The summed E-state index contributed by atoms with van der Waals surface area (Å²) < 4.78 is -3.78. The minimum atomic E-state index is -1.89. The molecule has 0 N–H and O–H groups in total. The van der Waals surface area contributed by atoms with E-state index in [2.05, 4.69) is 15.0 Å². The van der Waals surface area contributed by atoms with Gasteiger partial charge in [0.2, 0.25) is 13.5 Å². The second-order valence-corrected chi connectivity index (χ2v) is 8.33. The molecule has 0 atom stereocenters. The van der Waals surface area contributed by atoms with Gasteiger partial charge in [0.15, 0.2) is 11.6 Å². The molecule has 1 aromatic rings. The maximum absolute atomic E-state index is 8.67. The Morgan fingerprint density at radius 2 is 1.48 bits per heavy atom. The van der Waals surface area contributed by atoms with Crippen LogP contribution in [0.1, 0.15) is 25.0 Å². The summed E-state index contributed by atoms with van der Waals surface area (Å²) in [4.78, 5) is 13.7. The van der Waals surface area contributed by atoms with Crippen molar-refractivity contribution in [2.75, 3.05) is 18.0 Å². The average molecular weight is 412 g/mol. The lowest BCUT2D eigenvalue weighted by molar-refractivity contribution is 0.750. The summed E-state index contributed by atoms with van der Waals surface area (Å²) in [6.45, 7) is 2.76. The number of nitrogens with zero attached hydrogens (tertiary/aromatic N) is 5. The molecule has 0 spiro atoms. The lowest BCUT2D eigenvalue weighted by Crippen LogP contribution is -2.28. The lowest BCUT2D eigenvalue weighted by atomic mass is 10.4. The highest BCUT2D eigenvalue weighted by Crippen LogP contribution is 2.40.